The van der Waals surface area contributed by atoms with Gasteiger partial charge in [-0.2, -0.15) is 0 Å². The Morgan fingerprint density at radius 1 is 0.944 bits per heavy atom. The number of carbonyl (C=O) groups is 2. The Labute approximate surface area is 213 Å². The summed E-state index contributed by atoms with van der Waals surface area (Å²) >= 11 is 0. The van der Waals surface area contributed by atoms with E-state index >= 15 is 0 Å². The van der Waals surface area contributed by atoms with Gasteiger partial charge in [-0.15, -0.1) is 0 Å². The lowest BCUT2D eigenvalue weighted by Gasteiger charge is -2.40. The normalized spacial score (nSPS) is 20.9. The number of amides is 2. The first-order valence-electron chi connectivity index (χ1n) is 12.4. The number of piperidine rings is 1. The highest BCUT2D eigenvalue weighted by molar-refractivity contribution is 5.97. The van der Waals surface area contributed by atoms with E-state index in [2.05, 4.69) is 30.5 Å². The quantitative estimate of drug-likeness (QED) is 0.371. The number of hydrogen-bond acceptors (Lipinski definition) is 5. The van der Waals surface area contributed by atoms with Crippen molar-refractivity contribution in [1.82, 2.24) is 25.6 Å². The molecule has 2 aromatic carbocycles. The van der Waals surface area contributed by atoms with Crippen LogP contribution in [0.15, 0.2) is 73.2 Å². The topological polar surface area (TPSA) is 103 Å². The van der Waals surface area contributed by atoms with Gasteiger partial charge in [-0.05, 0) is 61.6 Å². The minimum atomic E-state index is -0.129. The number of pyridine rings is 1. The Morgan fingerprint density at radius 2 is 1.72 bits per heavy atom. The number of hydrogen-bond donors (Lipinski definition) is 3. The molecule has 2 aromatic heterocycles. The molecule has 6 rings (SSSR count). The zero-order chi connectivity index (χ0) is 24.5. The van der Waals surface area contributed by atoms with E-state index in [1.54, 1.807) is 12.5 Å². The molecule has 0 saturated carbocycles. The predicted octanol–water partition coefficient (Wildman–Crippen LogP) is 4.56. The first-order chi connectivity index (χ1) is 17.6. The van der Waals surface area contributed by atoms with E-state index in [0.29, 0.717) is 29.8 Å². The lowest BCUT2D eigenvalue weighted by Crippen LogP contribution is -2.50. The van der Waals surface area contributed by atoms with E-state index in [0.717, 1.165) is 48.1 Å². The second-order valence-corrected chi connectivity index (χ2v) is 9.64. The first-order valence-corrected chi connectivity index (χ1v) is 12.4. The molecule has 2 aliphatic rings. The molecule has 0 spiro atoms. The number of fused-ring (bicyclic) bond motifs is 3. The molecule has 0 radical (unpaired) electrons. The number of imidazole rings is 1. The summed E-state index contributed by atoms with van der Waals surface area (Å²) in [5.41, 5.74) is 3.97. The lowest BCUT2D eigenvalue weighted by atomic mass is 9.96. The summed E-state index contributed by atoms with van der Waals surface area (Å²) in [7, 11) is 0. The number of nitrogens with one attached hydrogen (secondary N) is 3. The van der Waals surface area contributed by atoms with Crippen molar-refractivity contribution in [1.29, 1.82) is 0 Å². The molecular weight excluding hydrogens is 452 g/mol. The summed E-state index contributed by atoms with van der Waals surface area (Å²) in [6.45, 7) is 0.487. The fourth-order valence-corrected chi connectivity index (χ4v) is 5.57. The van der Waals surface area contributed by atoms with E-state index in [4.69, 9.17) is 0 Å². The first kappa shape index (κ1) is 22.3. The number of anilines is 1. The Bertz CT molecular complexity index is 1390. The average Bonchev–Trinajstić information content (AvgIpc) is 3.49. The maximum absolute atomic E-state index is 12.9. The van der Waals surface area contributed by atoms with Crippen molar-refractivity contribution >= 4 is 28.7 Å². The van der Waals surface area contributed by atoms with E-state index in [1.165, 1.54) is 0 Å². The second kappa shape index (κ2) is 9.45. The van der Waals surface area contributed by atoms with Crippen LogP contribution in [-0.4, -0.2) is 44.9 Å². The van der Waals surface area contributed by atoms with E-state index in [1.807, 2.05) is 60.7 Å². The van der Waals surface area contributed by atoms with Crippen LogP contribution in [0.2, 0.25) is 0 Å². The monoisotopic (exact) mass is 486 g/mol. The summed E-state index contributed by atoms with van der Waals surface area (Å²) in [5.74, 6) is 0.723. The van der Waals surface area contributed by atoms with Crippen LogP contribution in [0.5, 0.6) is 0 Å². The fourth-order valence-electron chi connectivity index (χ4n) is 5.57. The molecule has 8 heteroatoms. The molecule has 36 heavy (non-hydrogen) atoms. The smallest absolute Gasteiger partial charge is 0.253 e. The Morgan fingerprint density at radius 3 is 2.47 bits per heavy atom. The summed E-state index contributed by atoms with van der Waals surface area (Å²) in [6, 6.07) is 20.0. The number of rotatable bonds is 6. The predicted molar refractivity (Wildman–Crippen MR) is 144 cm³/mol. The Balaban J connectivity index is 0.00000140. The lowest BCUT2D eigenvalue weighted by molar-refractivity contribution is 0.0924. The second-order valence-electron chi connectivity index (χ2n) is 9.64. The minimum Gasteiger partial charge on any atom is -0.350 e. The molecule has 2 bridgehead atoms. The molecule has 4 aromatic rings. The van der Waals surface area contributed by atoms with Crippen LogP contribution in [0.3, 0.4) is 0 Å². The third-order valence-corrected chi connectivity index (χ3v) is 7.32. The van der Waals surface area contributed by atoms with Crippen LogP contribution in [0, 0.1) is 0 Å². The molecule has 2 aliphatic heterocycles. The van der Waals surface area contributed by atoms with Gasteiger partial charge in [-0.3, -0.25) is 9.59 Å². The van der Waals surface area contributed by atoms with Gasteiger partial charge >= 0.3 is 0 Å². The molecule has 2 atom stereocenters. The highest BCUT2D eigenvalue weighted by Crippen LogP contribution is 2.38. The summed E-state index contributed by atoms with van der Waals surface area (Å²) in [6.07, 6.45) is 7.23. The van der Waals surface area contributed by atoms with E-state index < -0.39 is 0 Å². The number of carbonyl (C=O) groups excluding carboxylic acids is 2. The molecule has 0 aliphatic carbocycles. The highest BCUT2D eigenvalue weighted by Gasteiger charge is 2.41. The molecule has 2 unspecified atom stereocenters. The van der Waals surface area contributed by atoms with Crippen LogP contribution >= 0.6 is 0 Å². The van der Waals surface area contributed by atoms with Crippen molar-refractivity contribution in [3.8, 4) is 0 Å². The van der Waals surface area contributed by atoms with Crippen LogP contribution in [0.25, 0.3) is 11.0 Å². The van der Waals surface area contributed by atoms with Crippen molar-refractivity contribution in [3.05, 3.63) is 89.9 Å². The minimum absolute atomic E-state index is 0. The van der Waals surface area contributed by atoms with Crippen molar-refractivity contribution < 1.29 is 13.9 Å². The van der Waals surface area contributed by atoms with Gasteiger partial charge in [0.15, 0.2) is 0 Å². The highest BCUT2D eigenvalue weighted by atomic mass is 16.2. The third kappa shape index (κ3) is 4.42. The molecule has 4 heterocycles. The van der Waals surface area contributed by atoms with Gasteiger partial charge in [-0.1, -0.05) is 30.3 Å². The van der Waals surface area contributed by atoms with Gasteiger partial charge in [-0.25, -0.2) is 9.97 Å². The van der Waals surface area contributed by atoms with Gasteiger partial charge < -0.3 is 20.5 Å². The third-order valence-electron chi connectivity index (χ3n) is 7.32. The summed E-state index contributed by atoms with van der Waals surface area (Å²) in [5, 5.41) is 6.19. The average molecular weight is 487 g/mol. The fraction of sp³-hybridized carbons (Fsp3) is 0.286. The van der Waals surface area contributed by atoms with Crippen molar-refractivity contribution in [3.63, 3.8) is 0 Å². The molecule has 2 saturated heterocycles. The summed E-state index contributed by atoms with van der Waals surface area (Å²) in [4.78, 5) is 39.8. The largest absolute Gasteiger partial charge is 0.350 e. The number of H-pyrrole nitrogens is 1. The van der Waals surface area contributed by atoms with Crippen LogP contribution in [-0.2, 0) is 6.54 Å². The number of aromatic amines is 1. The molecule has 8 nitrogen and oxygen atoms in total. The molecule has 188 valence electrons. The van der Waals surface area contributed by atoms with Gasteiger partial charge in [0.2, 0.25) is 0 Å². The number of aromatic nitrogens is 3. The van der Waals surface area contributed by atoms with Gasteiger partial charge in [0.05, 0.1) is 22.9 Å². The maximum Gasteiger partial charge on any atom is 0.253 e. The zero-order valence-electron chi connectivity index (χ0n) is 19.9. The SMILES string of the molecule is O=C(NCc1ccccc1)c1ccc(N2C3CCC2CC(NC(=O)c2ccc4nc[nH]c4c2)C3)nc1.[HH].[HH].[HH]. The van der Waals surface area contributed by atoms with Gasteiger partial charge in [0.1, 0.15) is 5.82 Å². The number of benzene rings is 2. The molecule has 3 N–H and O–H groups in total. The standard InChI is InChI=1S/C28H28N6O2.3H2/c35-27(30-15-18-4-2-1-3-5-18)20-7-11-26(29-16-20)34-22-8-9-23(34)14-21(13-22)33-28(36)19-6-10-24-25(12-19)32-17-31-24;;;/h1-7,10-12,16-17,21-23H,8-9,13-15H2,(H,30,35)(H,31,32)(H,33,36);3*1H. The zero-order valence-corrected chi connectivity index (χ0v) is 19.9. The van der Waals surface area contributed by atoms with Crippen LogP contribution < -0.4 is 15.5 Å². The molecular formula is C28H34N6O2. The van der Waals surface area contributed by atoms with Crippen molar-refractivity contribution in [2.45, 2.75) is 50.4 Å². The Kier molecular flexibility index (Phi) is 5.85. The van der Waals surface area contributed by atoms with Gasteiger partial charge in [0.25, 0.3) is 11.8 Å². The van der Waals surface area contributed by atoms with Gasteiger partial charge in [0, 0.05) is 40.7 Å². The van der Waals surface area contributed by atoms with E-state index in [9.17, 15) is 9.59 Å². The molecule has 2 amide bonds. The van der Waals surface area contributed by atoms with Crippen LogP contribution in [0.4, 0.5) is 5.82 Å². The van der Waals surface area contributed by atoms with E-state index in [-0.39, 0.29) is 22.1 Å². The van der Waals surface area contributed by atoms with Crippen molar-refractivity contribution in [2.75, 3.05) is 4.90 Å². The Hall–Kier alpha value is -4.20. The summed E-state index contributed by atoms with van der Waals surface area (Å²) < 4.78 is 0. The maximum atomic E-state index is 12.9. The molecule has 2 fully saturated rings. The van der Waals surface area contributed by atoms with Crippen molar-refractivity contribution in [2.24, 2.45) is 0 Å². The number of nitrogens with zero attached hydrogens (tertiary/aromatic N) is 3. The van der Waals surface area contributed by atoms with Crippen LogP contribution in [0.1, 0.15) is 56.2 Å².